The van der Waals surface area contributed by atoms with E-state index in [9.17, 15) is 4.79 Å². The van der Waals surface area contributed by atoms with Crippen LogP contribution in [0.4, 0.5) is 0 Å². The zero-order chi connectivity index (χ0) is 15.0. The molecule has 1 heterocycles. The summed E-state index contributed by atoms with van der Waals surface area (Å²) in [4.78, 5) is 14.2. The van der Waals surface area contributed by atoms with Gasteiger partial charge in [-0.05, 0) is 38.8 Å². The molecule has 1 amide bonds. The Morgan fingerprint density at radius 2 is 2.19 bits per heavy atom. The van der Waals surface area contributed by atoms with Crippen molar-refractivity contribution in [3.8, 4) is 0 Å². The van der Waals surface area contributed by atoms with E-state index in [1.54, 1.807) is 0 Å². The number of nitrogens with two attached hydrogens (primary N) is 1. The van der Waals surface area contributed by atoms with Crippen molar-refractivity contribution < 1.29 is 9.21 Å². The molecular weight excluding hydrogens is 266 g/mol. The van der Waals surface area contributed by atoms with Gasteiger partial charge in [-0.1, -0.05) is 18.2 Å². The maximum Gasteiger partial charge on any atom is 0.301 e. The fourth-order valence-electron chi connectivity index (χ4n) is 2.84. The quantitative estimate of drug-likeness (QED) is 0.503. The Labute approximate surface area is 124 Å². The van der Waals surface area contributed by atoms with E-state index in [-0.39, 0.29) is 5.91 Å². The summed E-state index contributed by atoms with van der Waals surface area (Å²) in [5.74, 6) is 5.98. The molecule has 21 heavy (non-hydrogen) atoms. The highest BCUT2D eigenvalue weighted by Gasteiger charge is 2.31. The lowest BCUT2D eigenvalue weighted by Crippen LogP contribution is -2.33. The molecule has 112 valence electrons. The van der Waals surface area contributed by atoms with Crippen molar-refractivity contribution in [2.75, 3.05) is 7.05 Å². The van der Waals surface area contributed by atoms with Crippen LogP contribution < -0.4 is 11.3 Å². The summed E-state index contributed by atoms with van der Waals surface area (Å²) in [5.41, 5.74) is 3.80. The van der Waals surface area contributed by atoms with E-state index in [0.717, 1.165) is 22.5 Å². The van der Waals surface area contributed by atoms with Gasteiger partial charge in [0, 0.05) is 23.5 Å². The summed E-state index contributed by atoms with van der Waals surface area (Å²) in [6, 6.07) is 8.21. The molecule has 1 saturated carbocycles. The lowest BCUT2D eigenvalue weighted by atomic mass is 10.1. The van der Waals surface area contributed by atoms with Gasteiger partial charge in [0.05, 0.1) is 0 Å². The fraction of sp³-hybridized carbons (Fsp3) is 0.438. The van der Waals surface area contributed by atoms with Crippen molar-refractivity contribution in [3.63, 3.8) is 0 Å². The minimum atomic E-state index is -0.381. The van der Waals surface area contributed by atoms with Gasteiger partial charge in [-0.25, -0.2) is 5.84 Å². The molecule has 1 unspecified atom stereocenters. The van der Waals surface area contributed by atoms with Crippen molar-refractivity contribution >= 4 is 16.9 Å². The number of hydrazine groups is 1. The second kappa shape index (κ2) is 5.50. The summed E-state index contributed by atoms with van der Waals surface area (Å²) in [5, 5.41) is 0.978. The molecule has 3 N–H and O–H groups in total. The van der Waals surface area contributed by atoms with E-state index >= 15 is 0 Å². The topological polar surface area (TPSA) is 71.5 Å². The number of carbonyl (C=O) groups excluding carboxylic acids is 1. The van der Waals surface area contributed by atoms with Crippen LogP contribution in [0.1, 0.15) is 35.9 Å². The first kappa shape index (κ1) is 14.1. The number of nitrogen functional groups attached to an aromatic ring is 1. The second-order valence-electron chi connectivity index (χ2n) is 5.87. The molecule has 1 aliphatic carbocycles. The molecule has 0 saturated heterocycles. The number of benzene rings is 1. The van der Waals surface area contributed by atoms with E-state index < -0.39 is 0 Å². The Bertz CT molecular complexity index is 661. The Morgan fingerprint density at radius 3 is 2.86 bits per heavy atom. The zero-order valence-corrected chi connectivity index (χ0v) is 12.4. The molecule has 2 aromatic rings. The second-order valence-corrected chi connectivity index (χ2v) is 5.87. The Kier molecular flexibility index (Phi) is 3.69. The molecule has 1 atom stereocenters. The monoisotopic (exact) mass is 287 g/mol. The van der Waals surface area contributed by atoms with Crippen molar-refractivity contribution in [1.29, 1.82) is 0 Å². The highest BCUT2D eigenvalue weighted by molar-refractivity contribution is 5.98. The summed E-state index contributed by atoms with van der Waals surface area (Å²) in [6.07, 6.45) is 2.60. The highest BCUT2D eigenvalue weighted by atomic mass is 16.3. The lowest BCUT2D eigenvalue weighted by molar-refractivity contribution is 0.0924. The summed E-state index contributed by atoms with van der Waals surface area (Å²) in [6.45, 7) is 2.92. The maximum absolute atomic E-state index is 12.0. The average molecular weight is 287 g/mol. The molecule has 5 nitrogen and oxygen atoms in total. The van der Waals surface area contributed by atoms with Gasteiger partial charge >= 0.3 is 5.91 Å². The molecule has 0 aliphatic heterocycles. The standard InChI is InChI=1S/C16H21N3O2/c1-10(11-7-8-11)19(2)9-13-12-5-3-4-6-14(12)21-15(13)16(20)18-17/h3-6,10-11H,7-9,17H2,1-2H3,(H,18,20). The van der Waals surface area contributed by atoms with E-state index in [1.807, 2.05) is 24.3 Å². The van der Waals surface area contributed by atoms with Crippen LogP contribution >= 0.6 is 0 Å². The van der Waals surface area contributed by atoms with Crippen LogP contribution in [-0.2, 0) is 6.54 Å². The van der Waals surface area contributed by atoms with Gasteiger partial charge in [0.1, 0.15) is 5.58 Å². The maximum atomic E-state index is 12.0. The van der Waals surface area contributed by atoms with Crippen LogP contribution in [0.5, 0.6) is 0 Å². The first-order chi connectivity index (χ1) is 10.1. The van der Waals surface area contributed by atoms with Gasteiger partial charge in [0.15, 0.2) is 5.76 Å². The summed E-state index contributed by atoms with van der Waals surface area (Å²) in [7, 11) is 2.09. The van der Waals surface area contributed by atoms with Crippen LogP contribution in [0, 0.1) is 5.92 Å². The van der Waals surface area contributed by atoms with Crippen LogP contribution in [-0.4, -0.2) is 23.9 Å². The minimum absolute atomic E-state index is 0.313. The SMILES string of the molecule is CC(C1CC1)N(C)Cc1c(C(=O)NN)oc2ccccc12. The number of para-hydroxylation sites is 1. The molecule has 1 aliphatic rings. The third kappa shape index (κ3) is 2.66. The third-order valence-electron chi connectivity index (χ3n) is 4.44. The average Bonchev–Trinajstić information content (AvgIpc) is 3.29. The summed E-state index contributed by atoms with van der Waals surface area (Å²) < 4.78 is 5.69. The van der Waals surface area contributed by atoms with E-state index in [0.29, 0.717) is 18.3 Å². The fourth-order valence-corrected chi connectivity index (χ4v) is 2.84. The van der Waals surface area contributed by atoms with Gasteiger partial charge < -0.3 is 4.42 Å². The van der Waals surface area contributed by atoms with Crippen LogP contribution in [0.2, 0.25) is 0 Å². The number of hydrogen-bond acceptors (Lipinski definition) is 4. The van der Waals surface area contributed by atoms with Gasteiger partial charge in [0.2, 0.25) is 0 Å². The van der Waals surface area contributed by atoms with Crippen molar-refractivity contribution in [2.45, 2.75) is 32.4 Å². The molecule has 1 fully saturated rings. The number of amides is 1. The Balaban J connectivity index is 1.96. The van der Waals surface area contributed by atoms with Crippen LogP contribution in [0.3, 0.4) is 0 Å². The van der Waals surface area contributed by atoms with E-state index in [4.69, 9.17) is 10.3 Å². The molecule has 1 aromatic carbocycles. The Morgan fingerprint density at radius 1 is 1.48 bits per heavy atom. The first-order valence-electron chi connectivity index (χ1n) is 7.33. The lowest BCUT2D eigenvalue weighted by Gasteiger charge is -2.24. The molecule has 0 radical (unpaired) electrons. The van der Waals surface area contributed by atoms with Crippen molar-refractivity contribution in [3.05, 3.63) is 35.6 Å². The van der Waals surface area contributed by atoms with Crippen molar-refractivity contribution in [1.82, 2.24) is 10.3 Å². The summed E-state index contributed by atoms with van der Waals surface area (Å²) >= 11 is 0. The van der Waals surface area contributed by atoms with Crippen LogP contribution in [0.25, 0.3) is 11.0 Å². The molecule has 0 spiro atoms. The number of furan rings is 1. The van der Waals surface area contributed by atoms with E-state index in [2.05, 4.69) is 24.3 Å². The number of rotatable bonds is 5. The smallest absolute Gasteiger partial charge is 0.301 e. The molecule has 1 aromatic heterocycles. The predicted molar refractivity (Wildman–Crippen MR) is 81.5 cm³/mol. The van der Waals surface area contributed by atoms with Gasteiger partial charge in [-0.2, -0.15) is 0 Å². The largest absolute Gasteiger partial charge is 0.451 e. The first-order valence-corrected chi connectivity index (χ1v) is 7.33. The molecular formula is C16H21N3O2. The molecule has 3 rings (SSSR count). The number of fused-ring (bicyclic) bond motifs is 1. The van der Waals surface area contributed by atoms with E-state index in [1.165, 1.54) is 12.8 Å². The highest BCUT2D eigenvalue weighted by Crippen LogP contribution is 2.36. The Hall–Kier alpha value is -1.85. The van der Waals surface area contributed by atoms with Gasteiger partial charge in [0.25, 0.3) is 0 Å². The number of nitrogens with one attached hydrogen (secondary N) is 1. The number of nitrogens with zero attached hydrogens (tertiary/aromatic N) is 1. The normalized spacial score (nSPS) is 16.4. The third-order valence-corrected chi connectivity index (χ3v) is 4.44. The minimum Gasteiger partial charge on any atom is -0.451 e. The van der Waals surface area contributed by atoms with Gasteiger partial charge in [-0.15, -0.1) is 0 Å². The predicted octanol–water partition coefficient (Wildman–Crippen LogP) is 2.27. The van der Waals surface area contributed by atoms with Crippen molar-refractivity contribution in [2.24, 2.45) is 11.8 Å². The number of hydrogen-bond donors (Lipinski definition) is 2. The van der Waals surface area contributed by atoms with Crippen LogP contribution in [0.15, 0.2) is 28.7 Å². The van der Waals surface area contributed by atoms with Gasteiger partial charge in [-0.3, -0.25) is 15.1 Å². The zero-order valence-electron chi connectivity index (χ0n) is 12.4. The molecule has 0 bridgehead atoms. The number of carbonyl (C=O) groups is 1. The molecule has 5 heteroatoms.